The average Bonchev–Trinajstić information content (AvgIpc) is 2.54. The summed E-state index contributed by atoms with van der Waals surface area (Å²) in [4.78, 5) is 11.7. The van der Waals surface area contributed by atoms with Gasteiger partial charge in [-0.2, -0.15) is 8.78 Å². The van der Waals surface area contributed by atoms with Gasteiger partial charge in [-0.05, 0) is 30.9 Å². The van der Waals surface area contributed by atoms with Crippen molar-refractivity contribution in [3.63, 3.8) is 0 Å². The zero-order chi connectivity index (χ0) is 17.8. The van der Waals surface area contributed by atoms with Crippen molar-refractivity contribution in [3.05, 3.63) is 35.6 Å². The maximum absolute atomic E-state index is 14.1. The molecule has 1 saturated heterocycles. The lowest BCUT2D eigenvalue weighted by Gasteiger charge is -2.28. The number of hydrogen-bond donors (Lipinski definition) is 1. The van der Waals surface area contributed by atoms with Crippen LogP contribution in [0.3, 0.4) is 0 Å². The summed E-state index contributed by atoms with van der Waals surface area (Å²) in [5, 5.41) is 0. The van der Waals surface area contributed by atoms with Gasteiger partial charge in [-0.25, -0.2) is 17.5 Å². The van der Waals surface area contributed by atoms with Gasteiger partial charge < -0.3 is 4.74 Å². The maximum atomic E-state index is 14.1. The number of carbonyl (C=O) groups excluding carboxylic acids is 1. The van der Waals surface area contributed by atoms with Crippen molar-refractivity contribution in [3.8, 4) is 0 Å². The van der Waals surface area contributed by atoms with Gasteiger partial charge in [0, 0.05) is 19.1 Å². The normalized spacial score (nSPS) is 16.8. The molecule has 1 aromatic rings. The molecule has 0 aromatic heterocycles. The highest BCUT2D eigenvalue weighted by Crippen LogP contribution is 2.32. The van der Waals surface area contributed by atoms with E-state index in [-0.39, 0.29) is 38.0 Å². The first-order chi connectivity index (χ1) is 11.2. The topological polar surface area (TPSA) is 72.5 Å². The summed E-state index contributed by atoms with van der Waals surface area (Å²) in [5.74, 6) is -8.15. The molecule has 1 amide bonds. The maximum Gasteiger partial charge on any atom is 0.328 e. The van der Waals surface area contributed by atoms with Crippen LogP contribution in [-0.2, 0) is 26.0 Å². The van der Waals surface area contributed by atoms with Crippen LogP contribution < -0.4 is 4.72 Å². The molecule has 1 fully saturated rings. The van der Waals surface area contributed by atoms with E-state index in [1.165, 1.54) is 29.0 Å². The van der Waals surface area contributed by atoms with Crippen LogP contribution in [0, 0.1) is 11.7 Å². The van der Waals surface area contributed by atoms with Crippen LogP contribution in [0.4, 0.5) is 13.2 Å². The zero-order valence-corrected chi connectivity index (χ0v) is 13.6. The number of benzene rings is 1. The standard InChI is InChI=1S/C15H18F3NO4S/c16-13-4-2-1-3-11(13)7-10-24(21,22)19-14(20)15(17,18)12-5-8-23-9-6-12/h1-4,12H,5-10H2,(H,19,20). The molecule has 1 aliphatic heterocycles. The number of rotatable bonds is 6. The Morgan fingerprint density at radius 3 is 2.50 bits per heavy atom. The molecule has 0 atom stereocenters. The third kappa shape index (κ3) is 4.70. The Morgan fingerprint density at radius 2 is 1.88 bits per heavy atom. The second-order valence-electron chi connectivity index (χ2n) is 5.60. The number of sulfonamides is 1. The Bertz CT molecular complexity index is 688. The molecule has 9 heteroatoms. The molecule has 24 heavy (non-hydrogen) atoms. The second kappa shape index (κ2) is 7.52. The van der Waals surface area contributed by atoms with Crippen LogP contribution in [0.2, 0.25) is 0 Å². The quantitative estimate of drug-likeness (QED) is 0.836. The molecular weight excluding hydrogens is 347 g/mol. The molecule has 1 heterocycles. The third-order valence-electron chi connectivity index (χ3n) is 3.88. The number of amides is 1. The Kier molecular flexibility index (Phi) is 5.87. The van der Waals surface area contributed by atoms with Crippen molar-refractivity contribution in [1.82, 2.24) is 4.72 Å². The first-order valence-electron chi connectivity index (χ1n) is 7.46. The lowest BCUT2D eigenvalue weighted by molar-refractivity contribution is -0.157. The van der Waals surface area contributed by atoms with E-state index in [1.807, 2.05) is 0 Å². The predicted molar refractivity (Wildman–Crippen MR) is 80.5 cm³/mol. The van der Waals surface area contributed by atoms with Gasteiger partial charge >= 0.3 is 11.8 Å². The van der Waals surface area contributed by atoms with Crippen molar-refractivity contribution in [2.24, 2.45) is 5.92 Å². The van der Waals surface area contributed by atoms with E-state index in [9.17, 15) is 26.4 Å². The minimum Gasteiger partial charge on any atom is -0.381 e. The minimum absolute atomic E-state index is 0.0182. The van der Waals surface area contributed by atoms with Gasteiger partial charge in [-0.1, -0.05) is 18.2 Å². The highest BCUT2D eigenvalue weighted by atomic mass is 32.2. The summed E-state index contributed by atoms with van der Waals surface area (Å²) >= 11 is 0. The van der Waals surface area contributed by atoms with Crippen LogP contribution in [0.1, 0.15) is 18.4 Å². The Balaban J connectivity index is 1.97. The lowest BCUT2D eigenvalue weighted by Crippen LogP contribution is -2.49. The molecular formula is C15H18F3NO4S. The Labute approximate surface area is 138 Å². The van der Waals surface area contributed by atoms with Gasteiger partial charge in [0.1, 0.15) is 5.82 Å². The Hall–Kier alpha value is -1.61. The van der Waals surface area contributed by atoms with Gasteiger partial charge in [0.15, 0.2) is 0 Å². The number of halogens is 3. The summed E-state index contributed by atoms with van der Waals surface area (Å²) in [6, 6.07) is 5.54. The van der Waals surface area contributed by atoms with Crippen LogP contribution in [0.15, 0.2) is 24.3 Å². The Morgan fingerprint density at radius 1 is 1.25 bits per heavy atom. The fourth-order valence-corrected chi connectivity index (χ4v) is 3.46. The first kappa shape index (κ1) is 18.7. The van der Waals surface area contributed by atoms with Gasteiger partial charge in [-0.3, -0.25) is 4.79 Å². The molecule has 1 aliphatic rings. The van der Waals surface area contributed by atoms with E-state index in [2.05, 4.69) is 0 Å². The summed E-state index contributed by atoms with van der Waals surface area (Å²) in [6.07, 6.45) is -0.260. The van der Waals surface area contributed by atoms with Crippen molar-refractivity contribution < 1.29 is 31.1 Å². The fraction of sp³-hybridized carbons (Fsp3) is 0.533. The van der Waals surface area contributed by atoms with E-state index < -0.39 is 39.3 Å². The molecule has 0 bridgehead atoms. The van der Waals surface area contributed by atoms with E-state index in [4.69, 9.17) is 4.74 Å². The number of ether oxygens (including phenoxy) is 1. The largest absolute Gasteiger partial charge is 0.381 e. The van der Waals surface area contributed by atoms with Gasteiger partial charge in [0.2, 0.25) is 10.0 Å². The molecule has 2 rings (SSSR count). The van der Waals surface area contributed by atoms with Crippen LogP contribution in [0.25, 0.3) is 0 Å². The molecule has 0 aliphatic carbocycles. The van der Waals surface area contributed by atoms with Crippen molar-refractivity contribution in [2.75, 3.05) is 19.0 Å². The fourth-order valence-electron chi connectivity index (χ4n) is 2.45. The third-order valence-corrected chi connectivity index (χ3v) is 5.12. The van der Waals surface area contributed by atoms with E-state index in [0.717, 1.165) is 0 Å². The van der Waals surface area contributed by atoms with Gasteiger partial charge in [-0.15, -0.1) is 0 Å². The molecule has 0 saturated carbocycles. The molecule has 1 N–H and O–H groups in total. The first-order valence-corrected chi connectivity index (χ1v) is 9.11. The van der Waals surface area contributed by atoms with Crippen LogP contribution in [0.5, 0.6) is 0 Å². The summed E-state index contributed by atoms with van der Waals surface area (Å²) in [5.41, 5.74) is 0.131. The highest BCUT2D eigenvalue weighted by molar-refractivity contribution is 7.90. The van der Waals surface area contributed by atoms with Crippen LogP contribution in [-0.4, -0.2) is 39.2 Å². The molecule has 134 valence electrons. The number of carbonyl (C=O) groups is 1. The predicted octanol–water partition coefficient (Wildman–Crippen LogP) is 1.88. The average molecular weight is 365 g/mol. The number of aryl methyl sites for hydroxylation is 1. The van der Waals surface area contributed by atoms with Gasteiger partial charge in [0.05, 0.1) is 5.75 Å². The molecule has 0 unspecified atom stereocenters. The summed E-state index contributed by atoms with van der Waals surface area (Å²) < 4.78 is 71.6. The lowest BCUT2D eigenvalue weighted by atomic mass is 9.92. The highest BCUT2D eigenvalue weighted by Gasteiger charge is 2.48. The second-order valence-corrected chi connectivity index (χ2v) is 7.44. The minimum atomic E-state index is -4.30. The van der Waals surface area contributed by atoms with Crippen molar-refractivity contribution in [2.45, 2.75) is 25.2 Å². The molecule has 0 spiro atoms. The van der Waals surface area contributed by atoms with Crippen molar-refractivity contribution >= 4 is 15.9 Å². The SMILES string of the molecule is O=C(NS(=O)(=O)CCc1ccccc1F)C(F)(F)C1CCOCC1. The monoisotopic (exact) mass is 365 g/mol. The molecule has 1 aromatic carbocycles. The smallest absolute Gasteiger partial charge is 0.328 e. The summed E-state index contributed by atoms with van der Waals surface area (Å²) in [6.45, 7) is 0.209. The summed E-state index contributed by atoms with van der Waals surface area (Å²) in [7, 11) is -4.30. The number of nitrogens with one attached hydrogen (secondary N) is 1. The van der Waals surface area contributed by atoms with E-state index in [1.54, 1.807) is 0 Å². The van der Waals surface area contributed by atoms with Gasteiger partial charge in [0.25, 0.3) is 0 Å². The molecule has 5 nitrogen and oxygen atoms in total. The number of hydrogen-bond acceptors (Lipinski definition) is 4. The van der Waals surface area contributed by atoms with Crippen molar-refractivity contribution in [1.29, 1.82) is 0 Å². The van der Waals surface area contributed by atoms with E-state index in [0.29, 0.717) is 0 Å². The van der Waals surface area contributed by atoms with Crippen LogP contribution >= 0.6 is 0 Å². The molecule has 0 radical (unpaired) electrons. The van der Waals surface area contributed by atoms with E-state index >= 15 is 0 Å². The zero-order valence-electron chi connectivity index (χ0n) is 12.8. The number of alkyl halides is 2.